The Balaban J connectivity index is 1.51. The monoisotopic (exact) mass is 541 g/mol. The molecule has 42 heavy (non-hydrogen) atoms. The number of fused-ring (bicyclic) bond motifs is 5. The van der Waals surface area contributed by atoms with E-state index in [1.807, 2.05) is 121 Å². The van der Waals surface area contributed by atoms with Gasteiger partial charge in [-0.1, -0.05) is 103 Å². The summed E-state index contributed by atoms with van der Waals surface area (Å²) >= 11 is 0. The first kappa shape index (κ1) is 24.0. The van der Waals surface area contributed by atoms with Crippen molar-refractivity contribution in [3.63, 3.8) is 0 Å². The molecular weight excluding hydrogens is 518 g/mol. The van der Waals surface area contributed by atoms with Crippen molar-refractivity contribution in [2.24, 2.45) is 0 Å². The van der Waals surface area contributed by atoms with Gasteiger partial charge in [-0.05, 0) is 36.4 Å². The quantitative estimate of drug-likeness (QED) is 0.230. The summed E-state index contributed by atoms with van der Waals surface area (Å²) in [6, 6.07) is 45.6. The van der Waals surface area contributed by atoms with Crippen molar-refractivity contribution in [3.05, 3.63) is 150 Å². The van der Waals surface area contributed by atoms with Gasteiger partial charge in [0, 0.05) is 22.1 Å². The number of aromatic nitrogens is 5. The molecule has 0 radical (unpaired) electrons. The molecule has 0 atom stereocenters. The van der Waals surface area contributed by atoms with Crippen LogP contribution < -0.4 is 5.56 Å². The van der Waals surface area contributed by atoms with Crippen molar-refractivity contribution in [2.45, 2.75) is 0 Å². The number of para-hydroxylation sites is 3. The molecule has 3 heterocycles. The Labute approximate surface area is 240 Å². The second-order valence-corrected chi connectivity index (χ2v) is 10.1. The van der Waals surface area contributed by atoms with Crippen molar-refractivity contribution >= 4 is 27.5 Å². The molecular formula is C36H23N5O. The summed E-state index contributed by atoms with van der Waals surface area (Å²) in [6.07, 6.45) is 0. The molecule has 6 nitrogen and oxygen atoms in total. The fourth-order valence-corrected chi connectivity index (χ4v) is 5.66. The van der Waals surface area contributed by atoms with E-state index in [1.54, 1.807) is 4.57 Å². The van der Waals surface area contributed by atoms with Crippen molar-refractivity contribution in [2.75, 3.05) is 0 Å². The molecule has 0 N–H and O–H groups in total. The van der Waals surface area contributed by atoms with Gasteiger partial charge >= 0.3 is 0 Å². The molecule has 8 aromatic rings. The van der Waals surface area contributed by atoms with Gasteiger partial charge in [0.1, 0.15) is 5.65 Å². The van der Waals surface area contributed by atoms with E-state index in [9.17, 15) is 4.79 Å². The third kappa shape index (κ3) is 3.81. The van der Waals surface area contributed by atoms with Gasteiger partial charge in [0.15, 0.2) is 17.5 Å². The summed E-state index contributed by atoms with van der Waals surface area (Å²) in [5.74, 6) is 1.65. The van der Waals surface area contributed by atoms with Gasteiger partial charge in [0.2, 0.25) is 0 Å². The van der Waals surface area contributed by atoms with Crippen LogP contribution in [-0.4, -0.2) is 23.9 Å². The SMILES string of the molecule is O=c1c2cccc(-c3nc(-c4ccccc4)nc(-c4ccccc4)n3)c2n2c3ccccc3cc2n1-c1ccccc1. The first-order chi connectivity index (χ1) is 20.8. The van der Waals surface area contributed by atoms with E-state index in [0.717, 1.165) is 44.4 Å². The molecule has 5 aromatic carbocycles. The first-order valence-electron chi connectivity index (χ1n) is 13.8. The zero-order valence-electron chi connectivity index (χ0n) is 22.4. The van der Waals surface area contributed by atoms with Crippen LogP contribution >= 0.6 is 0 Å². The number of nitrogens with zero attached hydrogens (tertiary/aromatic N) is 5. The summed E-state index contributed by atoms with van der Waals surface area (Å²) in [7, 11) is 0. The predicted octanol–water partition coefficient (Wildman–Crippen LogP) is 7.58. The van der Waals surface area contributed by atoms with Gasteiger partial charge in [0.05, 0.1) is 22.1 Å². The van der Waals surface area contributed by atoms with E-state index in [-0.39, 0.29) is 5.56 Å². The van der Waals surface area contributed by atoms with Crippen LogP contribution in [0.25, 0.3) is 67.3 Å². The number of hydrogen-bond acceptors (Lipinski definition) is 4. The van der Waals surface area contributed by atoms with E-state index in [0.29, 0.717) is 22.9 Å². The third-order valence-corrected chi connectivity index (χ3v) is 7.57. The van der Waals surface area contributed by atoms with Crippen molar-refractivity contribution in [1.82, 2.24) is 23.9 Å². The highest BCUT2D eigenvalue weighted by Crippen LogP contribution is 2.33. The van der Waals surface area contributed by atoms with Gasteiger partial charge in [-0.3, -0.25) is 13.8 Å². The number of hydrogen-bond donors (Lipinski definition) is 0. The third-order valence-electron chi connectivity index (χ3n) is 7.57. The van der Waals surface area contributed by atoms with E-state index in [2.05, 4.69) is 22.6 Å². The molecule has 0 unspecified atom stereocenters. The summed E-state index contributed by atoms with van der Waals surface area (Å²) in [5.41, 5.74) is 5.77. The lowest BCUT2D eigenvalue weighted by Crippen LogP contribution is -2.21. The molecule has 0 aliphatic heterocycles. The molecule has 6 heteroatoms. The van der Waals surface area contributed by atoms with Gasteiger partial charge < -0.3 is 0 Å². The maximum absolute atomic E-state index is 14.3. The van der Waals surface area contributed by atoms with Crippen LogP contribution in [0.15, 0.2) is 144 Å². The standard InChI is InChI=1S/C36H23N5O/c42-36-29-21-12-20-28(35-38-33(24-13-4-1-5-14-24)37-34(39-35)25-15-6-2-7-16-25)32(29)41-30-22-11-10-17-26(30)23-31(41)40(36)27-18-8-3-9-19-27/h1-23H. The fraction of sp³-hybridized carbons (Fsp3) is 0. The van der Waals surface area contributed by atoms with Crippen LogP contribution in [-0.2, 0) is 0 Å². The lowest BCUT2D eigenvalue weighted by molar-refractivity contribution is 1.01. The van der Waals surface area contributed by atoms with Crippen LogP contribution in [0.4, 0.5) is 0 Å². The normalized spacial score (nSPS) is 11.4. The Hall–Kier alpha value is -5.88. The maximum atomic E-state index is 14.3. The van der Waals surface area contributed by atoms with E-state index < -0.39 is 0 Å². The van der Waals surface area contributed by atoms with Gasteiger partial charge in [-0.15, -0.1) is 0 Å². The minimum absolute atomic E-state index is 0.103. The average molecular weight is 542 g/mol. The highest BCUT2D eigenvalue weighted by molar-refractivity contribution is 5.99. The highest BCUT2D eigenvalue weighted by Gasteiger charge is 2.21. The van der Waals surface area contributed by atoms with E-state index in [4.69, 9.17) is 15.0 Å². The molecule has 0 aliphatic rings. The molecule has 0 bridgehead atoms. The van der Waals surface area contributed by atoms with Crippen LogP contribution in [0.5, 0.6) is 0 Å². The zero-order valence-corrected chi connectivity index (χ0v) is 22.4. The summed E-state index contributed by atoms with van der Waals surface area (Å²) in [4.78, 5) is 29.1. The first-order valence-corrected chi connectivity index (χ1v) is 13.8. The minimum atomic E-state index is -0.103. The Morgan fingerprint density at radius 2 is 1.10 bits per heavy atom. The molecule has 3 aromatic heterocycles. The van der Waals surface area contributed by atoms with E-state index in [1.165, 1.54) is 0 Å². The van der Waals surface area contributed by atoms with Crippen LogP contribution in [0.3, 0.4) is 0 Å². The van der Waals surface area contributed by atoms with E-state index >= 15 is 0 Å². The largest absolute Gasteiger partial charge is 0.294 e. The lowest BCUT2D eigenvalue weighted by atomic mass is 10.1. The van der Waals surface area contributed by atoms with Crippen LogP contribution in [0.2, 0.25) is 0 Å². The predicted molar refractivity (Wildman–Crippen MR) is 168 cm³/mol. The van der Waals surface area contributed by atoms with Crippen molar-refractivity contribution < 1.29 is 0 Å². The molecule has 0 fully saturated rings. The lowest BCUT2D eigenvalue weighted by Gasteiger charge is -2.15. The Bertz CT molecular complexity index is 2250. The summed E-state index contributed by atoms with van der Waals surface area (Å²) in [5, 5.41) is 1.61. The number of benzene rings is 5. The second kappa shape index (κ2) is 9.64. The summed E-state index contributed by atoms with van der Waals surface area (Å²) < 4.78 is 3.94. The Kier molecular flexibility index (Phi) is 5.50. The molecule has 0 amide bonds. The smallest absolute Gasteiger partial charge is 0.266 e. The molecule has 0 saturated heterocycles. The average Bonchev–Trinajstić information content (AvgIpc) is 3.45. The zero-order chi connectivity index (χ0) is 28.0. The highest BCUT2D eigenvalue weighted by atomic mass is 16.1. The Morgan fingerprint density at radius 1 is 0.524 bits per heavy atom. The topological polar surface area (TPSA) is 65.1 Å². The van der Waals surface area contributed by atoms with Gasteiger partial charge in [0.25, 0.3) is 5.56 Å². The molecule has 0 aliphatic carbocycles. The van der Waals surface area contributed by atoms with Crippen molar-refractivity contribution in [1.29, 1.82) is 0 Å². The van der Waals surface area contributed by atoms with Crippen LogP contribution in [0, 0.1) is 0 Å². The molecule has 0 spiro atoms. The van der Waals surface area contributed by atoms with Crippen molar-refractivity contribution in [3.8, 4) is 39.9 Å². The second-order valence-electron chi connectivity index (χ2n) is 10.1. The fourth-order valence-electron chi connectivity index (χ4n) is 5.66. The maximum Gasteiger partial charge on any atom is 0.266 e. The minimum Gasteiger partial charge on any atom is -0.294 e. The molecule has 8 rings (SSSR count). The van der Waals surface area contributed by atoms with Crippen LogP contribution in [0.1, 0.15) is 0 Å². The number of rotatable bonds is 4. The molecule has 0 saturated carbocycles. The Morgan fingerprint density at radius 3 is 1.76 bits per heavy atom. The molecule has 198 valence electrons. The summed E-state index contributed by atoms with van der Waals surface area (Å²) in [6.45, 7) is 0. The van der Waals surface area contributed by atoms with Gasteiger partial charge in [-0.25, -0.2) is 15.0 Å². The van der Waals surface area contributed by atoms with Gasteiger partial charge in [-0.2, -0.15) is 0 Å².